The Hall–Kier alpha value is -0.290. The SMILES string of the molecule is CCC(I)CC1C(C)c2ccccc2N(O)C1(C)C. The predicted molar refractivity (Wildman–Crippen MR) is 89.4 cm³/mol. The van der Waals surface area contributed by atoms with Gasteiger partial charge in [0.15, 0.2) is 0 Å². The lowest BCUT2D eigenvalue weighted by Crippen LogP contribution is -2.53. The zero-order valence-corrected chi connectivity index (χ0v) is 14.4. The lowest BCUT2D eigenvalue weighted by molar-refractivity contribution is 0.0957. The van der Waals surface area contributed by atoms with Gasteiger partial charge in [0.1, 0.15) is 0 Å². The van der Waals surface area contributed by atoms with Gasteiger partial charge in [-0.15, -0.1) is 0 Å². The van der Waals surface area contributed by atoms with E-state index in [0.29, 0.717) is 15.8 Å². The summed E-state index contributed by atoms with van der Waals surface area (Å²) < 4.78 is 0.669. The molecule has 0 aromatic heterocycles. The Labute approximate surface area is 130 Å². The van der Waals surface area contributed by atoms with Gasteiger partial charge in [0.2, 0.25) is 0 Å². The van der Waals surface area contributed by atoms with Crippen LogP contribution in [0.2, 0.25) is 0 Å². The zero-order chi connectivity index (χ0) is 14.2. The van der Waals surface area contributed by atoms with Crippen molar-refractivity contribution in [2.24, 2.45) is 5.92 Å². The van der Waals surface area contributed by atoms with Crippen LogP contribution in [0, 0.1) is 5.92 Å². The average Bonchev–Trinajstić information content (AvgIpc) is 2.41. The third-order valence-corrected chi connectivity index (χ3v) is 6.05. The maximum absolute atomic E-state index is 10.6. The fourth-order valence-electron chi connectivity index (χ4n) is 3.30. The van der Waals surface area contributed by atoms with E-state index in [1.807, 2.05) is 12.1 Å². The van der Waals surface area contributed by atoms with E-state index in [9.17, 15) is 5.21 Å². The molecular weight excluding hydrogens is 349 g/mol. The number of benzene rings is 1. The molecular formula is C16H24INO. The molecule has 0 fully saturated rings. The lowest BCUT2D eigenvalue weighted by Gasteiger charge is -2.50. The predicted octanol–water partition coefficient (Wildman–Crippen LogP) is 5.00. The highest BCUT2D eigenvalue weighted by Crippen LogP contribution is 2.48. The van der Waals surface area contributed by atoms with Crippen molar-refractivity contribution in [3.05, 3.63) is 29.8 Å². The van der Waals surface area contributed by atoms with Crippen LogP contribution in [0.1, 0.15) is 52.0 Å². The normalized spacial score (nSPS) is 26.9. The van der Waals surface area contributed by atoms with Crippen molar-refractivity contribution >= 4 is 28.3 Å². The van der Waals surface area contributed by atoms with Crippen molar-refractivity contribution < 1.29 is 5.21 Å². The van der Waals surface area contributed by atoms with Crippen LogP contribution in [0.3, 0.4) is 0 Å². The molecule has 0 spiro atoms. The quantitative estimate of drug-likeness (QED) is 0.596. The van der Waals surface area contributed by atoms with Crippen molar-refractivity contribution in [3.8, 4) is 0 Å². The van der Waals surface area contributed by atoms with Crippen LogP contribution >= 0.6 is 22.6 Å². The Balaban J connectivity index is 2.40. The number of hydrogen-bond donors (Lipinski definition) is 1. The van der Waals surface area contributed by atoms with E-state index in [0.717, 1.165) is 12.1 Å². The summed E-state index contributed by atoms with van der Waals surface area (Å²) in [6.45, 7) is 8.85. The highest BCUT2D eigenvalue weighted by molar-refractivity contribution is 14.1. The van der Waals surface area contributed by atoms with Gasteiger partial charge in [-0.05, 0) is 50.2 Å². The molecule has 3 unspecified atom stereocenters. The molecule has 1 heterocycles. The standard InChI is InChI=1S/C16H24INO/c1-5-12(17)10-14-11(2)13-8-6-7-9-15(13)18(19)16(14,3)4/h6-9,11-12,14,19H,5,10H2,1-4H3. The van der Waals surface area contributed by atoms with Gasteiger partial charge in [0, 0.05) is 3.92 Å². The molecule has 0 saturated carbocycles. The summed E-state index contributed by atoms with van der Waals surface area (Å²) in [4.78, 5) is 0. The van der Waals surface area contributed by atoms with Gasteiger partial charge in [-0.25, -0.2) is 0 Å². The number of para-hydroxylation sites is 1. The molecule has 1 N–H and O–H groups in total. The number of hydrogen-bond acceptors (Lipinski definition) is 2. The Morgan fingerprint density at radius 3 is 2.63 bits per heavy atom. The number of fused-ring (bicyclic) bond motifs is 1. The van der Waals surface area contributed by atoms with Crippen LogP contribution in [0.15, 0.2) is 24.3 Å². The highest BCUT2D eigenvalue weighted by Gasteiger charge is 2.44. The maximum atomic E-state index is 10.6. The minimum Gasteiger partial charge on any atom is -0.288 e. The van der Waals surface area contributed by atoms with Crippen molar-refractivity contribution in [2.45, 2.75) is 55.9 Å². The van der Waals surface area contributed by atoms with Gasteiger partial charge in [-0.3, -0.25) is 10.3 Å². The summed E-state index contributed by atoms with van der Waals surface area (Å²) in [7, 11) is 0. The Morgan fingerprint density at radius 2 is 2.00 bits per heavy atom. The minimum absolute atomic E-state index is 0.216. The second-order valence-corrected chi connectivity index (χ2v) is 7.92. The van der Waals surface area contributed by atoms with Gasteiger partial charge in [0.25, 0.3) is 0 Å². The van der Waals surface area contributed by atoms with Crippen molar-refractivity contribution in [2.75, 3.05) is 5.06 Å². The summed E-state index contributed by atoms with van der Waals surface area (Å²) in [5.74, 6) is 0.952. The Kier molecular flexibility index (Phi) is 4.45. The molecule has 1 aliphatic heterocycles. The molecule has 1 aromatic rings. The number of alkyl halides is 1. The molecule has 3 heteroatoms. The van der Waals surface area contributed by atoms with Crippen LogP contribution in [-0.2, 0) is 0 Å². The topological polar surface area (TPSA) is 23.5 Å². The van der Waals surface area contributed by atoms with Crippen LogP contribution in [-0.4, -0.2) is 14.7 Å². The molecule has 3 atom stereocenters. The minimum atomic E-state index is -0.216. The first kappa shape index (κ1) is 15.1. The molecule has 0 saturated heterocycles. The van der Waals surface area contributed by atoms with Crippen LogP contribution in [0.4, 0.5) is 5.69 Å². The van der Waals surface area contributed by atoms with Gasteiger partial charge < -0.3 is 0 Å². The maximum Gasteiger partial charge on any atom is 0.0675 e. The Morgan fingerprint density at radius 1 is 1.37 bits per heavy atom. The summed E-state index contributed by atoms with van der Waals surface area (Å²) in [5, 5.41) is 12.1. The summed E-state index contributed by atoms with van der Waals surface area (Å²) in [5.41, 5.74) is 2.03. The third-order valence-electron chi connectivity index (χ3n) is 4.67. The molecule has 1 aliphatic rings. The fraction of sp³-hybridized carbons (Fsp3) is 0.625. The Bertz CT molecular complexity index is 446. The summed E-state index contributed by atoms with van der Waals surface area (Å²) in [6, 6.07) is 8.24. The van der Waals surface area contributed by atoms with E-state index < -0.39 is 0 Å². The zero-order valence-electron chi connectivity index (χ0n) is 12.2. The second-order valence-electron chi connectivity index (χ2n) is 6.16. The molecule has 0 aliphatic carbocycles. The molecule has 2 rings (SSSR count). The fourth-order valence-corrected chi connectivity index (χ4v) is 3.84. The summed E-state index contributed by atoms with van der Waals surface area (Å²) >= 11 is 2.54. The van der Waals surface area contributed by atoms with E-state index in [1.165, 1.54) is 17.0 Å². The highest BCUT2D eigenvalue weighted by atomic mass is 127. The average molecular weight is 373 g/mol. The molecule has 0 bridgehead atoms. The van der Waals surface area contributed by atoms with E-state index in [-0.39, 0.29) is 5.54 Å². The van der Waals surface area contributed by atoms with Gasteiger partial charge >= 0.3 is 0 Å². The molecule has 106 valence electrons. The lowest BCUT2D eigenvalue weighted by atomic mass is 9.69. The van der Waals surface area contributed by atoms with E-state index in [2.05, 4.69) is 62.4 Å². The molecule has 1 aromatic carbocycles. The van der Waals surface area contributed by atoms with Crippen LogP contribution in [0.25, 0.3) is 0 Å². The van der Waals surface area contributed by atoms with E-state index in [4.69, 9.17) is 0 Å². The monoisotopic (exact) mass is 373 g/mol. The van der Waals surface area contributed by atoms with Gasteiger partial charge in [0.05, 0.1) is 11.2 Å². The largest absolute Gasteiger partial charge is 0.288 e. The molecule has 2 nitrogen and oxygen atoms in total. The molecule has 0 amide bonds. The molecule has 0 radical (unpaired) electrons. The van der Waals surface area contributed by atoms with Crippen LogP contribution in [0.5, 0.6) is 0 Å². The third kappa shape index (κ3) is 2.64. The molecule has 19 heavy (non-hydrogen) atoms. The number of hydroxylamine groups is 1. The smallest absolute Gasteiger partial charge is 0.0675 e. The first-order valence-electron chi connectivity index (χ1n) is 7.11. The number of rotatable bonds is 3. The van der Waals surface area contributed by atoms with Gasteiger partial charge in [-0.2, -0.15) is 0 Å². The number of nitrogens with zero attached hydrogens (tertiary/aromatic N) is 1. The first-order chi connectivity index (χ1) is 8.89. The van der Waals surface area contributed by atoms with E-state index >= 15 is 0 Å². The second kappa shape index (κ2) is 5.60. The van der Waals surface area contributed by atoms with E-state index in [1.54, 1.807) is 0 Å². The van der Waals surface area contributed by atoms with Crippen molar-refractivity contribution in [1.29, 1.82) is 0 Å². The van der Waals surface area contributed by atoms with Crippen molar-refractivity contribution in [1.82, 2.24) is 0 Å². The first-order valence-corrected chi connectivity index (χ1v) is 8.36. The number of anilines is 1. The van der Waals surface area contributed by atoms with Crippen LogP contribution < -0.4 is 5.06 Å². The van der Waals surface area contributed by atoms with Crippen molar-refractivity contribution in [3.63, 3.8) is 0 Å². The number of halogens is 1. The summed E-state index contributed by atoms with van der Waals surface area (Å²) in [6.07, 6.45) is 2.34. The van der Waals surface area contributed by atoms with Gasteiger partial charge in [-0.1, -0.05) is 54.6 Å².